The Labute approximate surface area is 184 Å². The zero-order valence-electron chi connectivity index (χ0n) is 18.6. The number of phosphoric acid groups is 1. The first-order valence-electron chi connectivity index (χ1n) is 11.1. The Balaban J connectivity index is 1.37. The molecule has 0 radical (unpaired) electrons. The van der Waals surface area contributed by atoms with Crippen molar-refractivity contribution in [1.29, 1.82) is 0 Å². The lowest BCUT2D eigenvalue weighted by Crippen LogP contribution is -2.43. The second kappa shape index (κ2) is 7.80. The summed E-state index contributed by atoms with van der Waals surface area (Å²) < 4.78 is 41.2. The lowest BCUT2D eigenvalue weighted by molar-refractivity contribution is -0.0549. The van der Waals surface area contributed by atoms with Crippen LogP contribution < -0.4 is 9.47 Å². The van der Waals surface area contributed by atoms with Crippen molar-refractivity contribution >= 4 is 7.82 Å². The fraction of sp³-hybridized carbons (Fsp3) is 0.652. The van der Waals surface area contributed by atoms with Crippen LogP contribution in [0.25, 0.3) is 0 Å². The number of nitrogens with zero attached hydrogens (tertiary/aromatic N) is 1. The summed E-state index contributed by atoms with van der Waals surface area (Å²) in [6.07, 6.45) is 8.10. The van der Waals surface area contributed by atoms with Crippen molar-refractivity contribution in [2.75, 3.05) is 41.0 Å². The first-order chi connectivity index (χ1) is 14.9. The smallest absolute Gasteiger partial charge is 0.493 e. The van der Waals surface area contributed by atoms with Gasteiger partial charge < -0.3 is 14.0 Å². The van der Waals surface area contributed by atoms with Gasteiger partial charge in [0.2, 0.25) is 0 Å². The third-order valence-corrected chi connectivity index (χ3v) is 9.12. The van der Waals surface area contributed by atoms with Crippen LogP contribution in [0.1, 0.15) is 44.1 Å². The first kappa shape index (κ1) is 21.3. The molecule has 5 rings (SSSR count). The molecule has 1 aromatic carbocycles. The minimum absolute atomic E-state index is 0.0417. The predicted molar refractivity (Wildman–Crippen MR) is 116 cm³/mol. The Bertz CT molecular complexity index is 915. The molecule has 3 fully saturated rings. The van der Waals surface area contributed by atoms with E-state index in [0.29, 0.717) is 25.4 Å². The van der Waals surface area contributed by atoms with Gasteiger partial charge in [-0.25, -0.2) is 4.57 Å². The monoisotopic (exact) mass is 449 g/mol. The molecule has 2 atom stereocenters. The number of methoxy groups -OCH3 is 2. The Kier molecular flexibility index (Phi) is 5.37. The topological polar surface area (TPSA) is 66.5 Å². The molecule has 2 saturated heterocycles. The van der Waals surface area contributed by atoms with Crippen LogP contribution in [-0.2, 0) is 23.6 Å². The van der Waals surface area contributed by atoms with E-state index in [1.165, 1.54) is 12.0 Å². The zero-order chi connectivity index (χ0) is 21.7. The average molecular weight is 449 g/mol. The van der Waals surface area contributed by atoms with Crippen molar-refractivity contribution in [3.63, 3.8) is 0 Å². The van der Waals surface area contributed by atoms with Gasteiger partial charge in [-0.15, -0.1) is 0 Å². The summed E-state index contributed by atoms with van der Waals surface area (Å²) in [6.45, 7) is 1.92. The first-order valence-corrected chi connectivity index (χ1v) is 12.6. The highest BCUT2D eigenvalue weighted by molar-refractivity contribution is 7.48. The predicted octanol–water partition coefficient (Wildman–Crippen LogP) is 4.67. The molecule has 2 unspecified atom stereocenters. The average Bonchev–Trinajstić information content (AvgIpc) is 3.10. The zero-order valence-corrected chi connectivity index (χ0v) is 19.5. The van der Waals surface area contributed by atoms with Gasteiger partial charge in [0.25, 0.3) is 0 Å². The van der Waals surface area contributed by atoms with Crippen molar-refractivity contribution in [1.82, 2.24) is 4.90 Å². The Morgan fingerprint density at radius 1 is 1.06 bits per heavy atom. The normalized spacial score (nSPS) is 31.5. The summed E-state index contributed by atoms with van der Waals surface area (Å²) in [5, 5.41) is 0. The molecule has 2 heterocycles. The molecule has 0 aromatic heterocycles. The summed E-state index contributed by atoms with van der Waals surface area (Å²) in [5.41, 5.74) is 1.25. The molecule has 170 valence electrons. The molecule has 0 N–H and O–H groups in total. The molecular weight excluding hydrogens is 417 g/mol. The van der Waals surface area contributed by atoms with E-state index < -0.39 is 7.82 Å². The van der Waals surface area contributed by atoms with Crippen LogP contribution in [0.15, 0.2) is 30.0 Å². The molecule has 4 aliphatic rings. The summed E-state index contributed by atoms with van der Waals surface area (Å²) in [7, 11) is 1.91. The van der Waals surface area contributed by atoms with Gasteiger partial charge in [0, 0.05) is 23.3 Å². The van der Waals surface area contributed by atoms with Gasteiger partial charge in [0.15, 0.2) is 11.5 Å². The van der Waals surface area contributed by atoms with Gasteiger partial charge in [-0.3, -0.25) is 13.9 Å². The van der Waals surface area contributed by atoms with E-state index in [4.69, 9.17) is 23.0 Å². The third-order valence-electron chi connectivity index (χ3n) is 7.77. The molecule has 1 saturated carbocycles. The number of hydrogen-bond donors (Lipinski definition) is 0. The van der Waals surface area contributed by atoms with Crippen molar-refractivity contribution in [2.24, 2.45) is 5.41 Å². The fourth-order valence-electron chi connectivity index (χ4n) is 5.60. The van der Waals surface area contributed by atoms with E-state index in [1.807, 2.05) is 6.07 Å². The number of likely N-dealkylation sites (tertiary alicyclic amines) is 1. The minimum atomic E-state index is -3.54. The number of rotatable bonds is 5. The number of ether oxygens (including phenoxy) is 2. The maximum absolute atomic E-state index is 13.1. The van der Waals surface area contributed by atoms with Crippen LogP contribution in [0, 0.1) is 5.41 Å². The van der Waals surface area contributed by atoms with Gasteiger partial charge in [-0.2, -0.15) is 0 Å². The van der Waals surface area contributed by atoms with Gasteiger partial charge in [0.1, 0.15) is 5.76 Å². The van der Waals surface area contributed by atoms with Gasteiger partial charge >= 0.3 is 7.82 Å². The van der Waals surface area contributed by atoms with E-state index in [0.717, 1.165) is 43.7 Å². The van der Waals surface area contributed by atoms with E-state index in [9.17, 15) is 4.57 Å². The summed E-state index contributed by atoms with van der Waals surface area (Å²) >= 11 is 0. The highest BCUT2D eigenvalue weighted by Gasteiger charge is 2.51. The Hall–Kier alpha value is -1.53. The molecular formula is C23H32NO6P. The van der Waals surface area contributed by atoms with Crippen LogP contribution in [-0.4, -0.2) is 52.0 Å². The van der Waals surface area contributed by atoms with Crippen molar-refractivity contribution < 1.29 is 27.6 Å². The Morgan fingerprint density at radius 2 is 1.81 bits per heavy atom. The van der Waals surface area contributed by atoms with Crippen LogP contribution in [0.2, 0.25) is 0 Å². The van der Waals surface area contributed by atoms with Crippen LogP contribution in [0.5, 0.6) is 11.5 Å². The standard InChI is InChI=1S/C23H32NO6P/c1-24-12-11-23(17-5-6-19(26-2)20(13-17)27-3)10-7-18(14-21(23)24)30-31(25)28-15-22(16-29-31)8-4-9-22/h5-6,13-14,21H,4,7-12,15-16H2,1-3H3. The van der Waals surface area contributed by atoms with Crippen LogP contribution >= 0.6 is 7.82 Å². The van der Waals surface area contributed by atoms with E-state index in [2.05, 4.69) is 30.2 Å². The van der Waals surface area contributed by atoms with E-state index in [-0.39, 0.29) is 16.9 Å². The maximum Gasteiger partial charge on any atom is 0.529 e. The van der Waals surface area contributed by atoms with Crippen molar-refractivity contribution in [3.05, 3.63) is 35.6 Å². The van der Waals surface area contributed by atoms with Crippen LogP contribution in [0.3, 0.4) is 0 Å². The second-order valence-corrected chi connectivity index (χ2v) is 11.1. The molecule has 31 heavy (non-hydrogen) atoms. The summed E-state index contributed by atoms with van der Waals surface area (Å²) in [4.78, 5) is 2.33. The molecule has 0 bridgehead atoms. The number of fused-ring (bicyclic) bond motifs is 1. The number of likely N-dealkylation sites (N-methyl/N-ethyl adjacent to an activating group) is 1. The number of hydrogen-bond acceptors (Lipinski definition) is 7. The van der Waals surface area contributed by atoms with Gasteiger partial charge in [-0.05, 0) is 63.0 Å². The molecule has 7 nitrogen and oxygen atoms in total. The second-order valence-electron chi connectivity index (χ2n) is 9.47. The molecule has 1 spiro atoms. The highest BCUT2D eigenvalue weighted by Crippen LogP contribution is 2.61. The maximum atomic E-state index is 13.1. The highest BCUT2D eigenvalue weighted by atomic mass is 31.2. The Morgan fingerprint density at radius 3 is 2.45 bits per heavy atom. The lowest BCUT2D eigenvalue weighted by Gasteiger charge is -2.45. The van der Waals surface area contributed by atoms with Gasteiger partial charge in [-0.1, -0.05) is 12.5 Å². The third kappa shape index (κ3) is 3.60. The van der Waals surface area contributed by atoms with Gasteiger partial charge in [0.05, 0.1) is 27.4 Å². The molecule has 1 aromatic rings. The van der Waals surface area contributed by atoms with E-state index in [1.54, 1.807) is 14.2 Å². The minimum Gasteiger partial charge on any atom is -0.493 e. The number of phosphoric ester groups is 1. The molecule has 2 aliphatic carbocycles. The SMILES string of the molecule is COc1ccc(C23CCC(OP4(=O)OCC5(CCC5)CO4)=CC2N(C)CC3)cc1OC. The molecule has 2 aliphatic heterocycles. The lowest BCUT2D eigenvalue weighted by atomic mass is 9.68. The van der Waals surface area contributed by atoms with Crippen LogP contribution in [0.4, 0.5) is 0 Å². The molecule has 8 heteroatoms. The van der Waals surface area contributed by atoms with E-state index >= 15 is 0 Å². The fourth-order valence-corrected chi connectivity index (χ4v) is 7.09. The largest absolute Gasteiger partial charge is 0.529 e. The quantitative estimate of drug-likeness (QED) is 0.606. The van der Waals surface area contributed by atoms with Crippen molar-refractivity contribution in [3.8, 4) is 11.5 Å². The summed E-state index contributed by atoms with van der Waals surface area (Å²) in [6, 6.07) is 6.36. The number of benzene rings is 1. The van der Waals surface area contributed by atoms with Crippen molar-refractivity contribution in [2.45, 2.75) is 50.0 Å². The molecule has 0 amide bonds. The summed E-state index contributed by atoms with van der Waals surface area (Å²) in [5.74, 6) is 2.18. The number of allylic oxidation sites excluding steroid dienone is 1.